The molecule has 1 heterocycles. The van der Waals surface area contributed by atoms with E-state index in [1.54, 1.807) is 0 Å². The lowest BCUT2D eigenvalue weighted by molar-refractivity contribution is 0.288. The Labute approximate surface area is 144 Å². The Kier molecular flexibility index (Phi) is 17.6. The van der Waals surface area contributed by atoms with Crippen molar-refractivity contribution in [3.05, 3.63) is 47.3 Å². The Morgan fingerprint density at radius 3 is 2.13 bits per heavy atom. The SMILES string of the molecule is C/C=C(\C)CCCO.CC=C(C)c1cc(C)ccn1.CCCC. The monoisotopic (exact) mass is 319 g/mol. The summed E-state index contributed by atoms with van der Waals surface area (Å²) in [4.78, 5) is 4.24. The van der Waals surface area contributed by atoms with Gasteiger partial charge in [0.25, 0.3) is 0 Å². The number of allylic oxidation sites excluding steroid dienone is 4. The minimum atomic E-state index is 0.311. The minimum absolute atomic E-state index is 0.311. The predicted molar refractivity (Wildman–Crippen MR) is 105 cm³/mol. The summed E-state index contributed by atoms with van der Waals surface area (Å²) in [7, 11) is 0. The Morgan fingerprint density at radius 1 is 1.13 bits per heavy atom. The molecule has 0 spiro atoms. The van der Waals surface area contributed by atoms with Gasteiger partial charge < -0.3 is 5.11 Å². The molecule has 0 bridgehead atoms. The van der Waals surface area contributed by atoms with Crippen LogP contribution in [-0.2, 0) is 0 Å². The number of hydrogen-bond acceptors (Lipinski definition) is 2. The van der Waals surface area contributed by atoms with Crippen LogP contribution < -0.4 is 0 Å². The summed E-state index contributed by atoms with van der Waals surface area (Å²) in [6.07, 6.45) is 10.6. The maximum absolute atomic E-state index is 8.38. The molecular formula is C21H37NO. The number of hydrogen-bond donors (Lipinski definition) is 1. The average molecular weight is 320 g/mol. The number of pyridine rings is 1. The number of aliphatic hydroxyl groups excluding tert-OH is 1. The third-order valence-corrected chi connectivity index (χ3v) is 3.47. The summed E-state index contributed by atoms with van der Waals surface area (Å²) in [5.41, 5.74) is 4.93. The molecule has 2 nitrogen and oxygen atoms in total. The first-order chi connectivity index (χ1) is 11.0. The van der Waals surface area contributed by atoms with Crippen LogP contribution in [0.2, 0.25) is 0 Å². The molecule has 0 aliphatic heterocycles. The van der Waals surface area contributed by atoms with Gasteiger partial charge in [0, 0.05) is 12.8 Å². The molecule has 0 amide bonds. The first-order valence-corrected chi connectivity index (χ1v) is 8.75. The molecule has 0 unspecified atom stereocenters. The van der Waals surface area contributed by atoms with Crippen molar-refractivity contribution in [2.45, 2.75) is 74.1 Å². The van der Waals surface area contributed by atoms with E-state index in [0.29, 0.717) is 6.61 Å². The van der Waals surface area contributed by atoms with Crippen molar-refractivity contribution in [2.75, 3.05) is 6.61 Å². The van der Waals surface area contributed by atoms with Crippen molar-refractivity contribution in [3.8, 4) is 0 Å². The van der Waals surface area contributed by atoms with E-state index in [4.69, 9.17) is 5.11 Å². The fraction of sp³-hybridized carbons (Fsp3) is 0.571. The molecule has 0 aliphatic carbocycles. The third kappa shape index (κ3) is 15.3. The van der Waals surface area contributed by atoms with Crippen molar-refractivity contribution in [1.82, 2.24) is 4.98 Å². The molecule has 1 aromatic rings. The van der Waals surface area contributed by atoms with Crippen molar-refractivity contribution >= 4 is 5.57 Å². The average Bonchev–Trinajstić information content (AvgIpc) is 2.59. The molecule has 132 valence electrons. The van der Waals surface area contributed by atoms with E-state index in [1.165, 1.54) is 29.6 Å². The van der Waals surface area contributed by atoms with Gasteiger partial charge in [0.2, 0.25) is 0 Å². The van der Waals surface area contributed by atoms with Gasteiger partial charge in [-0.2, -0.15) is 0 Å². The lowest BCUT2D eigenvalue weighted by Crippen LogP contribution is -1.85. The normalized spacial score (nSPS) is 11.1. The number of unbranched alkanes of at least 4 members (excludes halogenated alkanes) is 1. The summed E-state index contributed by atoms with van der Waals surface area (Å²) in [5.74, 6) is 0. The maximum atomic E-state index is 8.38. The number of aliphatic hydroxyl groups is 1. The van der Waals surface area contributed by atoms with Gasteiger partial charge in [0.1, 0.15) is 0 Å². The largest absolute Gasteiger partial charge is 0.396 e. The molecule has 0 aromatic carbocycles. The molecule has 0 atom stereocenters. The minimum Gasteiger partial charge on any atom is -0.396 e. The third-order valence-electron chi connectivity index (χ3n) is 3.47. The van der Waals surface area contributed by atoms with Crippen molar-refractivity contribution in [3.63, 3.8) is 0 Å². The van der Waals surface area contributed by atoms with Crippen molar-refractivity contribution in [1.29, 1.82) is 0 Å². The van der Waals surface area contributed by atoms with Gasteiger partial charge in [-0.1, -0.05) is 44.4 Å². The molecule has 2 heteroatoms. The van der Waals surface area contributed by atoms with Gasteiger partial charge in [-0.15, -0.1) is 0 Å². The standard InChI is InChI=1S/C10H13N.C7H14O.C4H10/c1-4-9(3)10-7-8(2)5-6-11-10;1-3-7(2)5-4-6-8;1-3-4-2/h4-7H,1-3H3;3,8H,4-6H2,1-2H3;3-4H2,1-2H3/b;7-3+;. The Hall–Kier alpha value is -1.41. The molecule has 23 heavy (non-hydrogen) atoms. The Bertz CT molecular complexity index is 445. The summed E-state index contributed by atoms with van der Waals surface area (Å²) >= 11 is 0. The number of rotatable bonds is 5. The molecule has 0 radical (unpaired) electrons. The fourth-order valence-corrected chi connectivity index (χ4v) is 1.40. The molecule has 0 fully saturated rings. The second kappa shape index (κ2) is 17.0. The quantitative estimate of drug-likeness (QED) is 0.642. The van der Waals surface area contributed by atoms with Gasteiger partial charge in [0.05, 0.1) is 5.69 Å². The highest BCUT2D eigenvalue weighted by Gasteiger charge is 1.94. The van der Waals surface area contributed by atoms with Crippen LogP contribution in [0.4, 0.5) is 0 Å². The zero-order valence-electron chi connectivity index (χ0n) is 16.3. The first kappa shape index (κ1) is 23.9. The fourth-order valence-electron chi connectivity index (χ4n) is 1.40. The van der Waals surface area contributed by atoms with Crippen molar-refractivity contribution < 1.29 is 5.11 Å². The van der Waals surface area contributed by atoms with Gasteiger partial charge in [-0.05, 0) is 70.7 Å². The lowest BCUT2D eigenvalue weighted by atomic mass is 10.1. The smallest absolute Gasteiger partial charge is 0.0658 e. The van der Waals surface area contributed by atoms with Crippen molar-refractivity contribution in [2.24, 2.45) is 0 Å². The van der Waals surface area contributed by atoms with Crippen LogP contribution >= 0.6 is 0 Å². The van der Waals surface area contributed by atoms with Gasteiger partial charge in [-0.25, -0.2) is 0 Å². The summed E-state index contributed by atoms with van der Waals surface area (Å²) in [6, 6.07) is 4.10. The number of nitrogens with zero attached hydrogens (tertiary/aromatic N) is 1. The van der Waals surface area contributed by atoms with E-state index >= 15 is 0 Å². The molecule has 0 saturated heterocycles. The topological polar surface area (TPSA) is 33.1 Å². The second-order valence-electron chi connectivity index (χ2n) is 5.65. The van der Waals surface area contributed by atoms with Gasteiger partial charge in [-0.3, -0.25) is 4.98 Å². The van der Waals surface area contributed by atoms with Crippen LogP contribution in [0.3, 0.4) is 0 Å². The zero-order valence-corrected chi connectivity index (χ0v) is 16.3. The maximum Gasteiger partial charge on any atom is 0.0658 e. The van der Waals surface area contributed by atoms with Crippen LogP contribution in [0.5, 0.6) is 0 Å². The van der Waals surface area contributed by atoms with E-state index in [2.05, 4.69) is 57.8 Å². The van der Waals surface area contributed by atoms with Crippen LogP contribution in [0.15, 0.2) is 36.1 Å². The summed E-state index contributed by atoms with van der Waals surface area (Å²) in [5, 5.41) is 8.38. The summed E-state index contributed by atoms with van der Waals surface area (Å²) in [6.45, 7) is 14.9. The van der Waals surface area contributed by atoms with E-state index in [-0.39, 0.29) is 0 Å². The molecule has 0 aliphatic rings. The van der Waals surface area contributed by atoms with E-state index in [1.807, 2.05) is 26.1 Å². The second-order valence-corrected chi connectivity index (χ2v) is 5.65. The highest BCUT2D eigenvalue weighted by molar-refractivity contribution is 5.60. The summed E-state index contributed by atoms with van der Waals surface area (Å²) < 4.78 is 0. The van der Waals surface area contributed by atoms with E-state index in [0.717, 1.165) is 18.5 Å². The molecule has 1 rings (SSSR count). The highest BCUT2D eigenvalue weighted by Crippen LogP contribution is 2.10. The first-order valence-electron chi connectivity index (χ1n) is 8.75. The Morgan fingerprint density at radius 2 is 1.74 bits per heavy atom. The molecule has 1 aromatic heterocycles. The van der Waals surface area contributed by atoms with Crippen LogP contribution in [-0.4, -0.2) is 16.7 Å². The Balaban J connectivity index is 0. The van der Waals surface area contributed by atoms with Crippen LogP contribution in [0.1, 0.15) is 78.5 Å². The van der Waals surface area contributed by atoms with E-state index in [9.17, 15) is 0 Å². The number of aryl methyl sites for hydroxylation is 1. The van der Waals surface area contributed by atoms with Gasteiger partial charge >= 0.3 is 0 Å². The van der Waals surface area contributed by atoms with Crippen LogP contribution in [0.25, 0.3) is 5.57 Å². The predicted octanol–water partition coefficient (Wildman–Crippen LogP) is 6.34. The van der Waals surface area contributed by atoms with E-state index < -0.39 is 0 Å². The molecular weight excluding hydrogens is 282 g/mol. The lowest BCUT2D eigenvalue weighted by Gasteiger charge is -1.99. The zero-order chi connectivity index (χ0) is 18.1. The number of aromatic nitrogens is 1. The highest BCUT2D eigenvalue weighted by atomic mass is 16.2. The van der Waals surface area contributed by atoms with Crippen LogP contribution in [0, 0.1) is 6.92 Å². The molecule has 1 N–H and O–H groups in total. The van der Waals surface area contributed by atoms with Gasteiger partial charge in [0.15, 0.2) is 0 Å². The molecule has 0 saturated carbocycles.